The molecule has 1 aromatic heterocycles. The third kappa shape index (κ3) is 4.58. The van der Waals surface area contributed by atoms with Crippen molar-refractivity contribution in [3.05, 3.63) is 70.4 Å². The zero-order chi connectivity index (χ0) is 18.5. The number of amides is 1. The maximum Gasteiger partial charge on any atom is 0.262 e. The average molecular weight is 392 g/mol. The number of carbonyl (C=O) groups excluding carboxylic acids is 1. The van der Waals surface area contributed by atoms with Gasteiger partial charge in [-0.3, -0.25) is 4.79 Å². The molecule has 0 aliphatic heterocycles. The van der Waals surface area contributed by atoms with Gasteiger partial charge in [-0.25, -0.2) is 0 Å². The number of carbonyl (C=O) groups is 1. The molecule has 134 valence electrons. The standard InChI is InChI=1S/C19H15Cl2NO4/c20-12-1-4-14(5-2-12)25-11-19(24)22-13-3-7-16(17(21)9-13)18-8-6-15(10-23)26-18/h1-9,23H,10-11H2,(H,22,24). The van der Waals surface area contributed by atoms with Crippen LogP contribution in [0, 0.1) is 0 Å². The number of hydrogen-bond donors (Lipinski definition) is 2. The summed E-state index contributed by atoms with van der Waals surface area (Å²) in [5, 5.41) is 12.8. The van der Waals surface area contributed by atoms with Crippen molar-refractivity contribution < 1.29 is 19.1 Å². The topological polar surface area (TPSA) is 71.7 Å². The van der Waals surface area contributed by atoms with Gasteiger partial charge < -0.3 is 19.6 Å². The number of aliphatic hydroxyl groups excluding tert-OH is 1. The van der Waals surface area contributed by atoms with E-state index in [0.717, 1.165) is 0 Å². The number of halogens is 2. The van der Waals surface area contributed by atoms with Crippen molar-refractivity contribution in [3.63, 3.8) is 0 Å². The Morgan fingerprint density at radius 1 is 1.08 bits per heavy atom. The molecular weight excluding hydrogens is 377 g/mol. The number of rotatable bonds is 6. The minimum absolute atomic E-state index is 0.140. The van der Waals surface area contributed by atoms with Crippen molar-refractivity contribution in [2.45, 2.75) is 6.61 Å². The van der Waals surface area contributed by atoms with Crippen LogP contribution in [-0.2, 0) is 11.4 Å². The molecule has 2 aromatic carbocycles. The molecule has 7 heteroatoms. The van der Waals surface area contributed by atoms with E-state index in [9.17, 15) is 4.79 Å². The fourth-order valence-corrected chi connectivity index (χ4v) is 2.68. The molecule has 0 aliphatic carbocycles. The monoisotopic (exact) mass is 391 g/mol. The van der Waals surface area contributed by atoms with Crippen molar-refractivity contribution in [1.82, 2.24) is 0 Å². The molecule has 0 fully saturated rings. The molecule has 1 heterocycles. The van der Waals surface area contributed by atoms with Gasteiger partial charge in [0.05, 0.1) is 5.02 Å². The molecule has 0 bridgehead atoms. The van der Waals surface area contributed by atoms with Gasteiger partial charge >= 0.3 is 0 Å². The van der Waals surface area contributed by atoms with Gasteiger partial charge in [0.1, 0.15) is 23.9 Å². The van der Waals surface area contributed by atoms with E-state index in [1.165, 1.54) is 0 Å². The van der Waals surface area contributed by atoms with E-state index in [1.807, 2.05) is 0 Å². The molecule has 3 rings (SSSR count). The fraction of sp³-hybridized carbons (Fsp3) is 0.105. The number of aliphatic hydroxyl groups is 1. The van der Waals surface area contributed by atoms with E-state index in [4.69, 9.17) is 37.5 Å². The second-order valence-corrected chi connectivity index (χ2v) is 6.25. The molecule has 0 spiro atoms. The van der Waals surface area contributed by atoms with Crippen LogP contribution in [0.1, 0.15) is 5.76 Å². The van der Waals surface area contributed by atoms with Gasteiger partial charge in [0.15, 0.2) is 6.61 Å². The molecule has 0 saturated carbocycles. The first-order valence-electron chi connectivity index (χ1n) is 7.73. The first-order chi connectivity index (χ1) is 12.5. The summed E-state index contributed by atoms with van der Waals surface area (Å²) in [6.07, 6.45) is 0. The Labute approximate surface area is 160 Å². The van der Waals surface area contributed by atoms with Gasteiger partial charge in [-0.1, -0.05) is 23.2 Å². The maximum absolute atomic E-state index is 12.0. The first-order valence-corrected chi connectivity index (χ1v) is 8.48. The molecule has 0 unspecified atom stereocenters. The van der Waals surface area contributed by atoms with Crippen molar-refractivity contribution in [1.29, 1.82) is 0 Å². The lowest BCUT2D eigenvalue weighted by Gasteiger charge is -2.09. The zero-order valence-corrected chi connectivity index (χ0v) is 15.1. The summed E-state index contributed by atoms with van der Waals surface area (Å²) in [6, 6.07) is 15.2. The lowest BCUT2D eigenvalue weighted by atomic mass is 10.1. The smallest absolute Gasteiger partial charge is 0.262 e. The zero-order valence-electron chi connectivity index (χ0n) is 13.5. The van der Waals surface area contributed by atoms with Crippen molar-refractivity contribution >= 4 is 34.8 Å². The van der Waals surface area contributed by atoms with Crippen LogP contribution in [0.3, 0.4) is 0 Å². The highest BCUT2D eigenvalue weighted by molar-refractivity contribution is 6.33. The van der Waals surface area contributed by atoms with Crippen LogP contribution in [0.5, 0.6) is 5.75 Å². The number of furan rings is 1. The molecule has 2 N–H and O–H groups in total. The molecule has 0 radical (unpaired) electrons. The third-order valence-corrected chi connectivity index (χ3v) is 4.08. The van der Waals surface area contributed by atoms with E-state index >= 15 is 0 Å². The van der Waals surface area contributed by atoms with Crippen LogP contribution in [0.2, 0.25) is 10.0 Å². The highest BCUT2D eigenvalue weighted by Crippen LogP contribution is 2.31. The quantitative estimate of drug-likeness (QED) is 0.634. The van der Waals surface area contributed by atoms with Crippen LogP contribution < -0.4 is 10.1 Å². The predicted octanol–water partition coefficient (Wildman–Crippen LogP) is 4.76. The molecule has 0 aliphatic rings. The number of benzene rings is 2. The molecule has 0 saturated heterocycles. The molecule has 26 heavy (non-hydrogen) atoms. The Kier molecular flexibility index (Phi) is 5.83. The second-order valence-electron chi connectivity index (χ2n) is 5.41. The van der Waals surface area contributed by atoms with Crippen LogP contribution in [0.25, 0.3) is 11.3 Å². The minimum Gasteiger partial charge on any atom is -0.484 e. The van der Waals surface area contributed by atoms with Crippen molar-refractivity contribution in [3.8, 4) is 17.1 Å². The Balaban J connectivity index is 1.61. The highest BCUT2D eigenvalue weighted by atomic mass is 35.5. The van der Waals surface area contributed by atoms with E-state index in [-0.39, 0.29) is 19.1 Å². The lowest BCUT2D eigenvalue weighted by Crippen LogP contribution is -2.20. The molecule has 1 amide bonds. The van der Waals surface area contributed by atoms with Crippen LogP contribution >= 0.6 is 23.2 Å². The summed E-state index contributed by atoms with van der Waals surface area (Å²) < 4.78 is 10.9. The number of nitrogens with one attached hydrogen (secondary N) is 1. The number of hydrogen-bond acceptors (Lipinski definition) is 4. The first kappa shape index (κ1) is 18.3. The summed E-state index contributed by atoms with van der Waals surface area (Å²) in [4.78, 5) is 12.0. The van der Waals surface area contributed by atoms with Crippen LogP contribution in [0.4, 0.5) is 5.69 Å². The Hall–Kier alpha value is -2.47. The summed E-state index contributed by atoms with van der Waals surface area (Å²) in [5.41, 5.74) is 1.21. The molecule has 0 atom stereocenters. The van der Waals surface area contributed by atoms with Gasteiger partial charge in [-0.15, -0.1) is 0 Å². The van der Waals surface area contributed by atoms with Gasteiger partial charge in [-0.2, -0.15) is 0 Å². The van der Waals surface area contributed by atoms with Gasteiger partial charge in [0.2, 0.25) is 0 Å². The normalized spacial score (nSPS) is 10.6. The number of ether oxygens (including phenoxy) is 1. The van der Waals surface area contributed by atoms with Crippen LogP contribution in [-0.4, -0.2) is 17.6 Å². The summed E-state index contributed by atoms with van der Waals surface area (Å²) in [7, 11) is 0. The van der Waals surface area contributed by atoms with E-state index in [1.54, 1.807) is 54.6 Å². The van der Waals surface area contributed by atoms with E-state index < -0.39 is 0 Å². The summed E-state index contributed by atoms with van der Waals surface area (Å²) >= 11 is 12.1. The fourth-order valence-electron chi connectivity index (χ4n) is 2.28. The SMILES string of the molecule is O=C(COc1ccc(Cl)cc1)Nc1ccc(-c2ccc(CO)o2)c(Cl)c1. The Morgan fingerprint density at radius 2 is 1.85 bits per heavy atom. The van der Waals surface area contributed by atoms with Crippen molar-refractivity contribution in [2.75, 3.05) is 11.9 Å². The van der Waals surface area contributed by atoms with E-state index in [0.29, 0.717) is 38.6 Å². The summed E-state index contributed by atoms with van der Waals surface area (Å²) in [6.45, 7) is -0.321. The molecular formula is C19H15Cl2NO4. The van der Waals surface area contributed by atoms with Gasteiger partial charge in [0, 0.05) is 16.3 Å². The number of anilines is 1. The van der Waals surface area contributed by atoms with Crippen LogP contribution in [0.15, 0.2) is 59.0 Å². The Morgan fingerprint density at radius 3 is 2.50 bits per heavy atom. The predicted molar refractivity (Wildman–Crippen MR) is 101 cm³/mol. The lowest BCUT2D eigenvalue weighted by molar-refractivity contribution is -0.118. The molecule has 5 nitrogen and oxygen atoms in total. The second kappa shape index (κ2) is 8.27. The maximum atomic E-state index is 12.0. The third-order valence-electron chi connectivity index (χ3n) is 3.52. The van der Waals surface area contributed by atoms with Gasteiger partial charge in [0.25, 0.3) is 5.91 Å². The minimum atomic E-state index is -0.315. The largest absolute Gasteiger partial charge is 0.484 e. The highest BCUT2D eigenvalue weighted by Gasteiger charge is 2.11. The molecule has 3 aromatic rings. The average Bonchev–Trinajstić information content (AvgIpc) is 3.10. The van der Waals surface area contributed by atoms with E-state index in [2.05, 4.69) is 5.32 Å². The Bertz CT molecular complexity index is 906. The van der Waals surface area contributed by atoms with Gasteiger partial charge in [-0.05, 0) is 54.6 Å². The van der Waals surface area contributed by atoms with Crippen molar-refractivity contribution in [2.24, 2.45) is 0 Å². The summed E-state index contributed by atoms with van der Waals surface area (Å²) in [5.74, 6) is 1.23.